The molecule has 41 heavy (non-hydrogen) atoms. The summed E-state index contributed by atoms with van der Waals surface area (Å²) in [4.78, 5) is 15.8. The number of fused-ring (bicyclic) bond motifs is 1. The summed E-state index contributed by atoms with van der Waals surface area (Å²) >= 11 is 1.62. The number of nitrogens with one attached hydrogen (secondary N) is 1. The first-order valence-corrected chi connectivity index (χ1v) is 16.1. The normalized spacial score (nSPS) is 20.1. The van der Waals surface area contributed by atoms with Crippen molar-refractivity contribution in [2.24, 2.45) is 5.41 Å². The summed E-state index contributed by atoms with van der Waals surface area (Å²) in [5.74, 6) is 0.712. The Morgan fingerprint density at radius 3 is 2.20 bits per heavy atom. The molecule has 2 aromatic heterocycles. The fraction of sp³-hybridized carbons (Fsp3) is 0.606. The lowest BCUT2D eigenvalue weighted by Gasteiger charge is -2.37. The van der Waals surface area contributed by atoms with Gasteiger partial charge >= 0.3 is 7.12 Å². The van der Waals surface area contributed by atoms with E-state index in [0.29, 0.717) is 27.8 Å². The molecule has 2 saturated heterocycles. The summed E-state index contributed by atoms with van der Waals surface area (Å²) in [5.41, 5.74) is 4.89. The van der Waals surface area contributed by atoms with Crippen LogP contribution in [0.25, 0.3) is 11.0 Å². The lowest BCUT2D eigenvalue weighted by atomic mass is 9.80. The van der Waals surface area contributed by atoms with Crippen LogP contribution in [0.1, 0.15) is 106 Å². The van der Waals surface area contributed by atoms with Crippen LogP contribution in [0, 0.1) is 19.3 Å². The maximum Gasteiger partial charge on any atom is 0.497 e. The Kier molecular flexibility index (Phi) is 9.09. The van der Waals surface area contributed by atoms with Crippen molar-refractivity contribution in [2.45, 2.75) is 113 Å². The van der Waals surface area contributed by atoms with Crippen molar-refractivity contribution in [1.82, 2.24) is 0 Å². The highest BCUT2D eigenvalue weighted by Crippen LogP contribution is 2.39. The molecule has 8 heteroatoms. The standard InChI is InChI=1S/C30H41BN2O4S.C3H8.H2/c1-18-14-21(20(3)32-24-17-38-16-23(24)31-36-29(6,7)30(8,9)37-31)26-22(15-18)25(34)19(2)27(35-26)33-12-10-28(4,5)11-13-33;1-3-2;/h14-17,20,32H,10-13H2,1-9H3;3H2,1-2H3;1H. The highest BCUT2D eigenvalue weighted by atomic mass is 32.1. The van der Waals surface area contributed by atoms with E-state index in [1.54, 1.807) is 11.3 Å². The maximum atomic E-state index is 13.6. The molecule has 1 aromatic carbocycles. The van der Waals surface area contributed by atoms with E-state index < -0.39 is 18.3 Å². The highest BCUT2D eigenvalue weighted by molar-refractivity contribution is 7.10. The molecule has 2 fully saturated rings. The van der Waals surface area contributed by atoms with Gasteiger partial charge in [-0.1, -0.05) is 40.2 Å². The van der Waals surface area contributed by atoms with E-state index in [-0.39, 0.29) is 12.9 Å². The van der Waals surface area contributed by atoms with E-state index >= 15 is 0 Å². The molecular weight excluding hydrogens is 531 g/mol. The first-order valence-electron chi connectivity index (χ1n) is 15.1. The Bertz CT molecular complexity index is 1420. The number of nitrogens with zero attached hydrogens (tertiary/aromatic N) is 1. The fourth-order valence-corrected chi connectivity index (χ4v) is 6.18. The molecule has 0 amide bonds. The second-order valence-corrected chi connectivity index (χ2v) is 14.4. The topological polar surface area (TPSA) is 63.9 Å². The van der Waals surface area contributed by atoms with Crippen LogP contribution in [0.4, 0.5) is 11.6 Å². The third-order valence-electron chi connectivity index (χ3n) is 8.81. The van der Waals surface area contributed by atoms with Gasteiger partial charge in [0, 0.05) is 36.6 Å². The molecule has 3 aromatic rings. The van der Waals surface area contributed by atoms with Gasteiger partial charge in [0.2, 0.25) is 5.88 Å². The van der Waals surface area contributed by atoms with Crippen molar-refractivity contribution in [3.8, 4) is 0 Å². The second kappa shape index (κ2) is 11.8. The number of anilines is 2. The first-order chi connectivity index (χ1) is 19.1. The summed E-state index contributed by atoms with van der Waals surface area (Å²) < 4.78 is 19.3. The molecule has 4 heterocycles. The molecule has 226 valence electrons. The zero-order valence-electron chi connectivity index (χ0n) is 27.0. The molecule has 2 aliphatic heterocycles. The van der Waals surface area contributed by atoms with E-state index in [4.69, 9.17) is 13.7 Å². The van der Waals surface area contributed by atoms with Gasteiger partial charge in [-0.3, -0.25) is 4.79 Å². The maximum absolute atomic E-state index is 13.6. The number of piperidine rings is 1. The monoisotopic (exact) mass is 582 g/mol. The van der Waals surface area contributed by atoms with E-state index in [9.17, 15) is 4.79 Å². The third-order valence-corrected chi connectivity index (χ3v) is 9.57. The molecule has 0 radical (unpaired) electrons. The largest absolute Gasteiger partial charge is 0.497 e. The minimum atomic E-state index is -0.439. The van der Waals surface area contributed by atoms with Gasteiger partial charge in [0.15, 0.2) is 5.43 Å². The van der Waals surface area contributed by atoms with Crippen LogP contribution in [0.5, 0.6) is 0 Å². The first kappa shape index (κ1) is 31.6. The zero-order valence-corrected chi connectivity index (χ0v) is 27.8. The van der Waals surface area contributed by atoms with Gasteiger partial charge in [0.25, 0.3) is 0 Å². The fourth-order valence-electron chi connectivity index (χ4n) is 5.38. The zero-order chi connectivity index (χ0) is 30.3. The Balaban J connectivity index is 0.00000116. The quantitative estimate of drug-likeness (QED) is 0.306. The lowest BCUT2D eigenvalue weighted by molar-refractivity contribution is 0.00578. The Hall–Kier alpha value is -2.29. The molecule has 1 N–H and O–H groups in total. The van der Waals surface area contributed by atoms with Crippen LogP contribution in [0.2, 0.25) is 0 Å². The van der Waals surface area contributed by atoms with Crippen molar-refractivity contribution in [3.63, 3.8) is 0 Å². The summed E-state index contributed by atoms with van der Waals surface area (Å²) in [7, 11) is -0.439. The minimum absolute atomic E-state index is 0. The Labute approximate surface area is 252 Å². The molecule has 0 aliphatic carbocycles. The molecule has 0 spiro atoms. The van der Waals surface area contributed by atoms with Crippen molar-refractivity contribution < 1.29 is 15.2 Å². The van der Waals surface area contributed by atoms with Gasteiger partial charge in [0.05, 0.1) is 28.2 Å². The molecule has 0 bridgehead atoms. The molecule has 5 rings (SSSR count). The number of aryl methyl sites for hydroxylation is 1. The Morgan fingerprint density at radius 1 is 1.02 bits per heavy atom. The Morgan fingerprint density at radius 2 is 1.61 bits per heavy atom. The third kappa shape index (κ3) is 6.40. The van der Waals surface area contributed by atoms with E-state index in [1.165, 1.54) is 6.42 Å². The van der Waals surface area contributed by atoms with Crippen molar-refractivity contribution in [2.75, 3.05) is 23.3 Å². The number of rotatable bonds is 5. The van der Waals surface area contributed by atoms with Crippen molar-refractivity contribution in [3.05, 3.63) is 49.8 Å². The SMILES string of the molecule is CCC.Cc1cc(C(C)Nc2cscc2B2OC(C)(C)C(C)(C)O2)c2oc(N3CCC(C)(C)CC3)c(C)c(=O)c2c1.[HH]. The van der Waals surface area contributed by atoms with Gasteiger partial charge in [-0.05, 0) is 83.7 Å². The van der Waals surface area contributed by atoms with Crippen LogP contribution >= 0.6 is 11.3 Å². The molecular formula is C33H51BN2O4S. The van der Waals surface area contributed by atoms with Gasteiger partial charge in [-0.15, -0.1) is 0 Å². The van der Waals surface area contributed by atoms with Gasteiger partial charge in [0.1, 0.15) is 5.58 Å². The lowest BCUT2D eigenvalue weighted by Crippen LogP contribution is -2.41. The van der Waals surface area contributed by atoms with E-state index in [2.05, 4.69) is 89.4 Å². The second-order valence-electron chi connectivity index (χ2n) is 13.6. The number of thiophene rings is 1. The average Bonchev–Trinajstić information content (AvgIpc) is 3.42. The molecule has 6 nitrogen and oxygen atoms in total. The average molecular weight is 583 g/mol. The van der Waals surface area contributed by atoms with E-state index in [0.717, 1.165) is 48.2 Å². The van der Waals surface area contributed by atoms with Gasteiger partial charge in [-0.25, -0.2) is 0 Å². The number of hydrogen-bond donors (Lipinski definition) is 1. The summed E-state index contributed by atoms with van der Waals surface area (Å²) in [6.07, 6.45) is 3.40. The van der Waals surface area contributed by atoms with Crippen LogP contribution in [-0.2, 0) is 9.31 Å². The molecule has 1 atom stereocenters. The van der Waals surface area contributed by atoms with Crippen molar-refractivity contribution >= 4 is 46.5 Å². The predicted molar refractivity (Wildman–Crippen MR) is 177 cm³/mol. The van der Waals surface area contributed by atoms with Gasteiger partial charge in [-0.2, -0.15) is 11.3 Å². The van der Waals surface area contributed by atoms with Crippen LogP contribution in [-0.4, -0.2) is 31.4 Å². The number of hydrogen-bond acceptors (Lipinski definition) is 7. The highest BCUT2D eigenvalue weighted by Gasteiger charge is 2.52. The van der Waals surface area contributed by atoms with Crippen LogP contribution in [0.15, 0.2) is 32.1 Å². The minimum Gasteiger partial charge on any atom is -0.440 e. The molecule has 1 unspecified atom stereocenters. The van der Waals surface area contributed by atoms with Crippen LogP contribution < -0.4 is 21.1 Å². The molecule has 2 aliphatic rings. The van der Waals surface area contributed by atoms with Crippen molar-refractivity contribution in [1.29, 1.82) is 0 Å². The smallest absolute Gasteiger partial charge is 0.440 e. The predicted octanol–water partition coefficient (Wildman–Crippen LogP) is 8.23. The van der Waals surface area contributed by atoms with Gasteiger partial charge < -0.3 is 23.9 Å². The summed E-state index contributed by atoms with van der Waals surface area (Å²) in [6.45, 7) is 25.0. The van der Waals surface area contributed by atoms with Crippen LogP contribution in [0.3, 0.4) is 0 Å². The summed E-state index contributed by atoms with van der Waals surface area (Å²) in [6, 6.07) is 3.97. The van der Waals surface area contributed by atoms with E-state index in [1.807, 2.05) is 19.9 Å². The molecule has 0 saturated carbocycles. The number of benzene rings is 1. The summed E-state index contributed by atoms with van der Waals surface area (Å²) in [5, 5.41) is 8.50.